The number of amides is 2. The number of aliphatic hydroxyl groups excluding tert-OH is 1. The summed E-state index contributed by atoms with van der Waals surface area (Å²) in [6.07, 6.45) is 20.3. The van der Waals surface area contributed by atoms with Crippen LogP contribution in [0.3, 0.4) is 0 Å². The van der Waals surface area contributed by atoms with E-state index in [0.29, 0.717) is 0 Å². The summed E-state index contributed by atoms with van der Waals surface area (Å²) in [4.78, 5) is 35.1. The second-order valence-electron chi connectivity index (χ2n) is 9.33. The molecule has 0 aromatic heterocycles. The minimum Gasteiger partial charge on any atom is -0.464 e. The van der Waals surface area contributed by atoms with Crippen LogP contribution in [0.4, 0.5) is 0 Å². The molecule has 2 amide bonds. The van der Waals surface area contributed by atoms with E-state index in [2.05, 4.69) is 12.2 Å². The number of aliphatic hydroxyl groups is 1. The molecule has 0 aliphatic rings. The number of esters is 1. The highest BCUT2D eigenvalue weighted by atomic mass is 16.5. The first-order valence-corrected chi connectivity index (χ1v) is 13.5. The molecule has 0 aromatic rings. The molecule has 0 heterocycles. The molecule has 0 radical (unpaired) electrons. The van der Waals surface area contributed by atoms with Crippen molar-refractivity contribution in [1.29, 1.82) is 0 Å². The van der Waals surface area contributed by atoms with Gasteiger partial charge in [0, 0.05) is 6.42 Å². The molecule has 200 valence electrons. The first-order chi connectivity index (χ1) is 16.4. The molecule has 0 bridgehead atoms. The lowest BCUT2D eigenvalue weighted by Gasteiger charge is -2.19. The molecule has 0 rings (SSSR count). The van der Waals surface area contributed by atoms with Gasteiger partial charge in [0.15, 0.2) is 0 Å². The minimum atomic E-state index is -1.14. The van der Waals surface area contributed by atoms with Crippen LogP contribution in [-0.4, -0.2) is 48.2 Å². The summed E-state index contributed by atoms with van der Waals surface area (Å²) in [6, 6.07) is -2.14. The Kier molecular flexibility index (Phi) is 22.0. The van der Waals surface area contributed by atoms with Gasteiger partial charge in [-0.25, -0.2) is 4.79 Å². The minimum absolute atomic E-state index is 0.0387. The number of nitrogens with one attached hydrogen (secondary N) is 1. The van der Waals surface area contributed by atoms with Crippen molar-refractivity contribution >= 4 is 17.8 Å². The van der Waals surface area contributed by atoms with Gasteiger partial charge in [0.25, 0.3) is 0 Å². The van der Waals surface area contributed by atoms with Crippen molar-refractivity contribution in [1.82, 2.24) is 5.32 Å². The SMILES string of the molecule is CCCCCCCCCCCCCCCCCCOC(=O)[C@@H](CCC(N)=O)NC(=O)[C@@H](N)CO. The van der Waals surface area contributed by atoms with Crippen molar-refractivity contribution in [2.75, 3.05) is 13.2 Å². The Labute approximate surface area is 206 Å². The summed E-state index contributed by atoms with van der Waals surface area (Å²) in [5, 5.41) is 11.4. The van der Waals surface area contributed by atoms with E-state index < -0.39 is 36.5 Å². The molecule has 34 heavy (non-hydrogen) atoms. The van der Waals surface area contributed by atoms with Gasteiger partial charge in [0.2, 0.25) is 11.8 Å². The molecule has 8 nitrogen and oxygen atoms in total. The van der Waals surface area contributed by atoms with E-state index in [1.54, 1.807) is 0 Å². The quantitative estimate of drug-likeness (QED) is 0.121. The van der Waals surface area contributed by atoms with Crippen molar-refractivity contribution in [3.05, 3.63) is 0 Å². The Balaban J connectivity index is 3.72. The topological polar surface area (TPSA) is 145 Å². The molecule has 0 unspecified atom stereocenters. The van der Waals surface area contributed by atoms with Crippen molar-refractivity contribution < 1.29 is 24.2 Å². The van der Waals surface area contributed by atoms with Gasteiger partial charge in [-0.2, -0.15) is 0 Å². The van der Waals surface area contributed by atoms with Gasteiger partial charge >= 0.3 is 5.97 Å². The zero-order valence-corrected chi connectivity index (χ0v) is 21.5. The van der Waals surface area contributed by atoms with E-state index >= 15 is 0 Å². The van der Waals surface area contributed by atoms with E-state index in [-0.39, 0.29) is 19.4 Å². The molecule has 0 saturated carbocycles. The highest BCUT2D eigenvalue weighted by Gasteiger charge is 2.25. The summed E-state index contributed by atoms with van der Waals surface area (Å²) >= 11 is 0. The summed E-state index contributed by atoms with van der Waals surface area (Å²) in [6.45, 7) is 1.99. The zero-order valence-electron chi connectivity index (χ0n) is 21.5. The number of carbonyl (C=O) groups is 3. The fourth-order valence-corrected chi connectivity index (χ4v) is 3.82. The van der Waals surface area contributed by atoms with Gasteiger partial charge in [0.05, 0.1) is 13.2 Å². The maximum atomic E-state index is 12.3. The van der Waals surface area contributed by atoms with E-state index in [4.69, 9.17) is 21.3 Å². The zero-order chi connectivity index (χ0) is 25.4. The molecule has 0 spiro atoms. The van der Waals surface area contributed by atoms with Crippen molar-refractivity contribution in [2.45, 2.75) is 135 Å². The number of hydrogen-bond donors (Lipinski definition) is 4. The first kappa shape index (κ1) is 32.3. The lowest BCUT2D eigenvalue weighted by Crippen LogP contribution is -2.50. The summed E-state index contributed by atoms with van der Waals surface area (Å²) in [5.41, 5.74) is 10.6. The third kappa shape index (κ3) is 19.8. The van der Waals surface area contributed by atoms with Crippen LogP contribution in [-0.2, 0) is 19.1 Å². The maximum absolute atomic E-state index is 12.3. The molecule has 6 N–H and O–H groups in total. The van der Waals surface area contributed by atoms with Gasteiger partial charge in [-0.05, 0) is 12.8 Å². The Bertz CT molecular complexity index is 531. The van der Waals surface area contributed by atoms with E-state index in [1.165, 1.54) is 83.5 Å². The molecule has 2 atom stereocenters. The predicted molar refractivity (Wildman–Crippen MR) is 136 cm³/mol. The average molecular weight is 486 g/mol. The standard InChI is InChI=1S/C26H51N3O5/c1-2-3-4-5-6-7-8-9-10-11-12-13-14-15-16-17-20-34-26(33)23(18-19-24(28)31)29-25(32)22(27)21-30/h22-23,30H,2-21,27H2,1H3,(H2,28,31)(H,29,32)/t22-,23+/m0/s1. The van der Waals surface area contributed by atoms with Crippen LogP contribution in [0, 0.1) is 0 Å². The van der Waals surface area contributed by atoms with Gasteiger partial charge in [-0.1, -0.05) is 103 Å². The fourth-order valence-electron chi connectivity index (χ4n) is 3.82. The van der Waals surface area contributed by atoms with Crippen LogP contribution in [0.25, 0.3) is 0 Å². The van der Waals surface area contributed by atoms with Crippen molar-refractivity contribution in [3.63, 3.8) is 0 Å². The van der Waals surface area contributed by atoms with Crippen molar-refractivity contribution in [3.8, 4) is 0 Å². The molecule has 0 aliphatic carbocycles. The summed E-state index contributed by atoms with van der Waals surface area (Å²) < 4.78 is 5.26. The number of ether oxygens (including phenoxy) is 1. The summed E-state index contributed by atoms with van der Waals surface area (Å²) in [7, 11) is 0. The second-order valence-corrected chi connectivity index (χ2v) is 9.33. The summed E-state index contributed by atoms with van der Waals surface area (Å²) in [5.74, 6) is -1.85. The van der Waals surface area contributed by atoms with Crippen LogP contribution < -0.4 is 16.8 Å². The number of carbonyl (C=O) groups excluding carboxylic acids is 3. The number of nitrogens with two attached hydrogens (primary N) is 2. The first-order valence-electron chi connectivity index (χ1n) is 13.5. The van der Waals surface area contributed by atoms with Crippen LogP contribution >= 0.6 is 0 Å². The Morgan fingerprint density at radius 3 is 1.65 bits per heavy atom. The van der Waals surface area contributed by atoms with Gasteiger partial charge in [-0.15, -0.1) is 0 Å². The van der Waals surface area contributed by atoms with Crippen molar-refractivity contribution in [2.24, 2.45) is 11.5 Å². The van der Waals surface area contributed by atoms with Gasteiger partial charge in [0.1, 0.15) is 12.1 Å². The molecular weight excluding hydrogens is 434 g/mol. The van der Waals surface area contributed by atoms with Gasteiger partial charge in [-0.3, -0.25) is 9.59 Å². The molecule has 0 fully saturated rings. The normalized spacial score (nSPS) is 12.8. The van der Waals surface area contributed by atoms with Crippen LogP contribution in [0.15, 0.2) is 0 Å². The van der Waals surface area contributed by atoms with E-state index in [9.17, 15) is 14.4 Å². The van der Waals surface area contributed by atoms with Crippen LogP contribution in [0.5, 0.6) is 0 Å². The molecule has 0 aromatic carbocycles. The molecular formula is C26H51N3O5. The maximum Gasteiger partial charge on any atom is 0.328 e. The van der Waals surface area contributed by atoms with Crippen LogP contribution in [0.2, 0.25) is 0 Å². The largest absolute Gasteiger partial charge is 0.464 e. The average Bonchev–Trinajstić information content (AvgIpc) is 2.82. The smallest absolute Gasteiger partial charge is 0.328 e. The monoisotopic (exact) mass is 485 g/mol. The second kappa shape index (κ2) is 23.1. The van der Waals surface area contributed by atoms with Crippen LogP contribution in [0.1, 0.15) is 122 Å². The number of hydrogen-bond acceptors (Lipinski definition) is 6. The molecule has 8 heteroatoms. The predicted octanol–water partition coefficient (Wildman–Crippen LogP) is 3.86. The fraction of sp³-hybridized carbons (Fsp3) is 0.885. The number of rotatable bonds is 24. The third-order valence-corrected chi connectivity index (χ3v) is 6.06. The third-order valence-electron chi connectivity index (χ3n) is 6.06. The lowest BCUT2D eigenvalue weighted by molar-refractivity contribution is -0.148. The number of unbranched alkanes of at least 4 members (excludes halogenated alkanes) is 15. The van der Waals surface area contributed by atoms with E-state index in [1.807, 2.05) is 0 Å². The Hall–Kier alpha value is -1.67. The highest BCUT2D eigenvalue weighted by molar-refractivity contribution is 5.87. The highest BCUT2D eigenvalue weighted by Crippen LogP contribution is 2.13. The van der Waals surface area contributed by atoms with E-state index in [0.717, 1.165) is 19.3 Å². The number of primary amides is 1. The van der Waals surface area contributed by atoms with Gasteiger partial charge < -0.3 is 26.6 Å². The Morgan fingerprint density at radius 2 is 1.24 bits per heavy atom. The molecule has 0 aliphatic heterocycles. The Morgan fingerprint density at radius 1 is 0.794 bits per heavy atom. The molecule has 0 saturated heterocycles. The lowest BCUT2D eigenvalue weighted by atomic mass is 10.0.